The molecule has 0 aliphatic rings. The lowest BCUT2D eigenvalue weighted by atomic mass is 9.98. The van der Waals surface area contributed by atoms with Gasteiger partial charge in [-0.3, -0.25) is 4.90 Å². The molecule has 0 fully saturated rings. The highest BCUT2D eigenvalue weighted by molar-refractivity contribution is 5.33. The number of hydrogen-bond acceptors (Lipinski definition) is 3. The third-order valence-electron chi connectivity index (χ3n) is 3.99. The van der Waals surface area contributed by atoms with Crippen LogP contribution in [0.25, 0.3) is 0 Å². The smallest absolute Gasteiger partial charge is 0.0589 e. The van der Waals surface area contributed by atoms with Gasteiger partial charge in [0.25, 0.3) is 0 Å². The summed E-state index contributed by atoms with van der Waals surface area (Å²) >= 11 is 0. The highest BCUT2D eigenvalue weighted by Crippen LogP contribution is 2.21. The summed E-state index contributed by atoms with van der Waals surface area (Å²) in [6.07, 6.45) is 0. The molecule has 0 aromatic heterocycles. The Morgan fingerprint density at radius 2 is 1.95 bits per heavy atom. The van der Waals surface area contributed by atoms with Crippen LogP contribution in [-0.4, -0.2) is 44.3 Å². The SMILES string of the molecule is CCNC(CN(CCOC)C(C)C)c1cc(C)ccc1C. The van der Waals surface area contributed by atoms with Crippen molar-refractivity contribution in [3.63, 3.8) is 0 Å². The molecule has 0 saturated carbocycles. The number of ether oxygens (including phenoxy) is 1. The summed E-state index contributed by atoms with van der Waals surface area (Å²) in [5.74, 6) is 0. The van der Waals surface area contributed by atoms with Crippen molar-refractivity contribution in [2.45, 2.75) is 46.7 Å². The van der Waals surface area contributed by atoms with E-state index in [1.807, 2.05) is 0 Å². The van der Waals surface area contributed by atoms with Gasteiger partial charge < -0.3 is 10.1 Å². The fourth-order valence-corrected chi connectivity index (χ4v) is 2.66. The van der Waals surface area contributed by atoms with Crippen LogP contribution in [0.2, 0.25) is 0 Å². The minimum Gasteiger partial charge on any atom is -0.383 e. The molecule has 0 bridgehead atoms. The van der Waals surface area contributed by atoms with Gasteiger partial charge in [0.1, 0.15) is 0 Å². The Bertz CT molecular complexity index is 418. The summed E-state index contributed by atoms with van der Waals surface area (Å²) in [4.78, 5) is 2.48. The minimum absolute atomic E-state index is 0.370. The van der Waals surface area contributed by atoms with Gasteiger partial charge in [-0.15, -0.1) is 0 Å². The average Bonchev–Trinajstić information content (AvgIpc) is 2.44. The molecular formula is C18H32N2O. The zero-order valence-electron chi connectivity index (χ0n) is 14.6. The molecule has 1 N–H and O–H groups in total. The van der Waals surface area contributed by atoms with E-state index in [1.54, 1.807) is 7.11 Å². The third kappa shape index (κ3) is 5.77. The number of hydrogen-bond donors (Lipinski definition) is 1. The maximum absolute atomic E-state index is 5.25. The number of methoxy groups -OCH3 is 1. The van der Waals surface area contributed by atoms with E-state index in [9.17, 15) is 0 Å². The average molecular weight is 292 g/mol. The van der Waals surface area contributed by atoms with Crippen LogP contribution in [0.4, 0.5) is 0 Å². The molecule has 0 aliphatic heterocycles. The number of benzene rings is 1. The van der Waals surface area contributed by atoms with E-state index < -0.39 is 0 Å². The number of nitrogens with zero attached hydrogens (tertiary/aromatic N) is 1. The molecule has 0 heterocycles. The molecule has 0 spiro atoms. The number of rotatable bonds is 9. The molecule has 1 unspecified atom stereocenters. The fraction of sp³-hybridized carbons (Fsp3) is 0.667. The predicted molar refractivity (Wildman–Crippen MR) is 90.9 cm³/mol. The number of likely N-dealkylation sites (N-methyl/N-ethyl adjacent to an activating group) is 1. The maximum atomic E-state index is 5.25. The van der Waals surface area contributed by atoms with Crippen LogP contribution in [0.1, 0.15) is 43.5 Å². The lowest BCUT2D eigenvalue weighted by Crippen LogP contribution is -2.41. The Labute approximate surface area is 130 Å². The van der Waals surface area contributed by atoms with E-state index >= 15 is 0 Å². The van der Waals surface area contributed by atoms with E-state index in [0.717, 1.165) is 26.2 Å². The molecule has 0 saturated heterocycles. The van der Waals surface area contributed by atoms with Crippen LogP contribution in [0.15, 0.2) is 18.2 Å². The maximum Gasteiger partial charge on any atom is 0.0589 e. The first kappa shape index (κ1) is 18.1. The summed E-state index contributed by atoms with van der Waals surface area (Å²) < 4.78 is 5.25. The molecule has 0 aliphatic carbocycles. The van der Waals surface area contributed by atoms with Gasteiger partial charge in [-0.05, 0) is 45.4 Å². The van der Waals surface area contributed by atoms with Crippen molar-refractivity contribution < 1.29 is 4.74 Å². The van der Waals surface area contributed by atoms with Gasteiger partial charge in [0.2, 0.25) is 0 Å². The highest BCUT2D eigenvalue weighted by Gasteiger charge is 2.19. The van der Waals surface area contributed by atoms with Crippen LogP contribution < -0.4 is 5.32 Å². The summed E-state index contributed by atoms with van der Waals surface area (Å²) in [7, 11) is 1.77. The molecule has 1 atom stereocenters. The molecule has 3 nitrogen and oxygen atoms in total. The molecule has 0 radical (unpaired) electrons. The molecule has 1 aromatic carbocycles. The van der Waals surface area contributed by atoms with Gasteiger partial charge in [0, 0.05) is 32.3 Å². The number of aryl methyl sites for hydroxylation is 2. The van der Waals surface area contributed by atoms with Crippen molar-refractivity contribution >= 4 is 0 Å². The van der Waals surface area contributed by atoms with Gasteiger partial charge >= 0.3 is 0 Å². The minimum atomic E-state index is 0.370. The topological polar surface area (TPSA) is 24.5 Å². The van der Waals surface area contributed by atoms with E-state index in [0.29, 0.717) is 12.1 Å². The predicted octanol–water partition coefficient (Wildman–Crippen LogP) is 3.31. The molecule has 21 heavy (non-hydrogen) atoms. The highest BCUT2D eigenvalue weighted by atomic mass is 16.5. The molecule has 0 amide bonds. The monoisotopic (exact) mass is 292 g/mol. The van der Waals surface area contributed by atoms with Crippen LogP contribution in [-0.2, 0) is 4.74 Å². The molecule has 3 heteroatoms. The second-order valence-corrected chi connectivity index (χ2v) is 6.05. The standard InChI is InChI=1S/C18H32N2O/c1-7-19-18(13-20(14(2)3)10-11-21-6)17-12-15(4)8-9-16(17)5/h8-9,12,14,18-19H,7,10-11,13H2,1-6H3. The van der Waals surface area contributed by atoms with Crippen molar-refractivity contribution in [3.8, 4) is 0 Å². The second kappa shape index (κ2) is 9.19. The normalized spacial score (nSPS) is 13.1. The van der Waals surface area contributed by atoms with Crippen LogP contribution in [0.3, 0.4) is 0 Å². The summed E-state index contributed by atoms with van der Waals surface area (Å²) in [6.45, 7) is 14.8. The third-order valence-corrected chi connectivity index (χ3v) is 3.99. The first-order chi connectivity index (χ1) is 9.99. The zero-order valence-corrected chi connectivity index (χ0v) is 14.6. The Kier molecular flexibility index (Phi) is 7.94. The van der Waals surface area contributed by atoms with E-state index in [2.05, 4.69) is 63.0 Å². The summed E-state index contributed by atoms with van der Waals surface area (Å²) in [5.41, 5.74) is 4.11. The quantitative estimate of drug-likeness (QED) is 0.756. The molecular weight excluding hydrogens is 260 g/mol. The Hall–Kier alpha value is -0.900. The van der Waals surface area contributed by atoms with Crippen molar-refractivity contribution in [2.24, 2.45) is 0 Å². The van der Waals surface area contributed by atoms with Gasteiger partial charge in [-0.1, -0.05) is 30.7 Å². The Morgan fingerprint density at radius 3 is 2.52 bits per heavy atom. The van der Waals surface area contributed by atoms with Gasteiger partial charge in [0.15, 0.2) is 0 Å². The van der Waals surface area contributed by atoms with Crippen LogP contribution in [0.5, 0.6) is 0 Å². The van der Waals surface area contributed by atoms with E-state index in [-0.39, 0.29) is 0 Å². The van der Waals surface area contributed by atoms with Crippen LogP contribution >= 0.6 is 0 Å². The zero-order chi connectivity index (χ0) is 15.8. The van der Waals surface area contributed by atoms with Gasteiger partial charge in [0.05, 0.1) is 6.61 Å². The van der Waals surface area contributed by atoms with E-state index in [1.165, 1.54) is 16.7 Å². The van der Waals surface area contributed by atoms with Gasteiger partial charge in [-0.2, -0.15) is 0 Å². The Balaban J connectivity index is 2.91. The molecule has 1 rings (SSSR count). The van der Waals surface area contributed by atoms with Crippen molar-refractivity contribution in [3.05, 3.63) is 34.9 Å². The Morgan fingerprint density at radius 1 is 1.24 bits per heavy atom. The summed E-state index contributed by atoms with van der Waals surface area (Å²) in [5, 5.41) is 3.65. The molecule has 120 valence electrons. The van der Waals surface area contributed by atoms with Crippen LogP contribution in [0, 0.1) is 13.8 Å². The van der Waals surface area contributed by atoms with Gasteiger partial charge in [-0.25, -0.2) is 0 Å². The first-order valence-electron chi connectivity index (χ1n) is 8.03. The fourth-order valence-electron chi connectivity index (χ4n) is 2.66. The van der Waals surface area contributed by atoms with Crippen molar-refractivity contribution in [1.29, 1.82) is 0 Å². The molecule has 1 aromatic rings. The first-order valence-corrected chi connectivity index (χ1v) is 8.03. The van der Waals surface area contributed by atoms with Crippen molar-refractivity contribution in [1.82, 2.24) is 10.2 Å². The second-order valence-electron chi connectivity index (χ2n) is 6.05. The number of nitrogens with one attached hydrogen (secondary N) is 1. The van der Waals surface area contributed by atoms with E-state index in [4.69, 9.17) is 4.74 Å². The largest absolute Gasteiger partial charge is 0.383 e. The van der Waals surface area contributed by atoms with Crippen molar-refractivity contribution in [2.75, 3.05) is 33.4 Å². The summed E-state index contributed by atoms with van der Waals surface area (Å²) in [6, 6.07) is 7.62. The lowest BCUT2D eigenvalue weighted by molar-refractivity contribution is 0.121. The lowest BCUT2D eigenvalue weighted by Gasteiger charge is -2.32.